The van der Waals surface area contributed by atoms with Gasteiger partial charge in [0.25, 0.3) is 5.91 Å². The standard InChI is InChI=1S/C19H21N3O2S2/c1-13-6-7-16(24-13)19-21-14(12-26-19)18(23)20-11-15(17-5-4-10-25-17)22-8-2-3-9-22/h4-7,10,12,15H,2-3,8-9,11H2,1H3,(H,20,23)/t15-/m1/s1. The molecule has 3 aromatic rings. The van der Waals surface area contributed by atoms with Gasteiger partial charge in [0, 0.05) is 16.8 Å². The lowest BCUT2D eigenvalue weighted by Gasteiger charge is -2.26. The summed E-state index contributed by atoms with van der Waals surface area (Å²) in [6, 6.07) is 8.25. The number of carbonyl (C=O) groups excluding carboxylic acids is 1. The van der Waals surface area contributed by atoms with E-state index in [9.17, 15) is 4.79 Å². The average molecular weight is 388 g/mol. The third-order valence-electron chi connectivity index (χ3n) is 4.60. The Hall–Kier alpha value is -1.96. The first-order valence-corrected chi connectivity index (χ1v) is 10.5. The van der Waals surface area contributed by atoms with Gasteiger partial charge in [0.1, 0.15) is 11.5 Å². The summed E-state index contributed by atoms with van der Waals surface area (Å²) in [4.78, 5) is 20.8. The number of likely N-dealkylation sites (tertiary alicyclic amines) is 1. The molecule has 3 aromatic heterocycles. The van der Waals surface area contributed by atoms with Crippen LogP contribution in [-0.2, 0) is 0 Å². The first kappa shape index (κ1) is 17.5. The fourth-order valence-corrected chi connectivity index (χ4v) is 4.89. The van der Waals surface area contributed by atoms with Gasteiger partial charge in [-0.3, -0.25) is 9.69 Å². The predicted octanol–water partition coefficient (Wildman–Crippen LogP) is 4.34. The van der Waals surface area contributed by atoms with Crippen molar-refractivity contribution < 1.29 is 9.21 Å². The summed E-state index contributed by atoms with van der Waals surface area (Å²) in [6.45, 7) is 4.69. The molecule has 1 N–H and O–H groups in total. The highest BCUT2D eigenvalue weighted by molar-refractivity contribution is 7.13. The third kappa shape index (κ3) is 3.75. The number of furan rings is 1. The highest BCUT2D eigenvalue weighted by Crippen LogP contribution is 2.28. The van der Waals surface area contributed by atoms with Crippen LogP contribution in [0, 0.1) is 6.92 Å². The van der Waals surface area contributed by atoms with E-state index in [0.29, 0.717) is 18.0 Å². The molecule has 0 radical (unpaired) electrons. The summed E-state index contributed by atoms with van der Waals surface area (Å²) in [5.41, 5.74) is 0.449. The monoisotopic (exact) mass is 387 g/mol. The maximum Gasteiger partial charge on any atom is 0.270 e. The number of aryl methyl sites for hydroxylation is 1. The molecule has 0 bridgehead atoms. The molecule has 0 aliphatic carbocycles. The molecule has 0 spiro atoms. The molecular formula is C19H21N3O2S2. The second-order valence-corrected chi connectivity index (χ2v) is 8.27. The minimum atomic E-state index is -0.128. The molecule has 5 nitrogen and oxygen atoms in total. The molecule has 1 aliphatic heterocycles. The van der Waals surface area contributed by atoms with E-state index < -0.39 is 0 Å². The summed E-state index contributed by atoms with van der Waals surface area (Å²) >= 11 is 3.18. The van der Waals surface area contributed by atoms with Crippen molar-refractivity contribution in [2.45, 2.75) is 25.8 Å². The van der Waals surface area contributed by atoms with Gasteiger partial charge in [-0.15, -0.1) is 22.7 Å². The zero-order valence-corrected chi connectivity index (χ0v) is 16.2. The number of amides is 1. The van der Waals surface area contributed by atoms with Gasteiger partial charge in [0.15, 0.2) is 10.8 Å². The van der Waals surface area contributed by atoms with Gasteiger partial charge >= 0.3 is 0 Å². The Labute approximate surface area is 160 Å². The van der Waals surface area contributed by atoms with Crippen molar-refractivity contribution in [2.75, 3.05) is 19.6 Å². The van der Waals surface area contributed by atoms with Crippen LogP contribution in [0.15, 0.2) is 39.4 Å². The van der Waals surface area contributed by atoms with Gasteiger partial charge in [-0.1, -0.05) is 6.07 Å². The molecule has 1 fully saturated rings. The zero-order chi connectivity index (χ0) is 17.9. The van der Waals surface area contributed by atoms with Gasteiger partial charge in [-0.2, -0.15) is 0 Å². The fraction of sp³-hybridized carbons (Fsp3) is 0.368. The van der Waals surface area contributed by atoms with Gasteiger partial charge < -0.3 is 9.73 Å². The number of aromatic nitrogens is 1. The lowest BCUT2D eigenvalue weighted by molar-refractivity contribution is 0.0934. The second-order valence-electron chi connectivity index (χ2n) is 6.43. The van der Waals surface area contributed by atoms with Crippen LogP contribution in [0.25, 0.3) is 10.8 Å². The lowest BCUT2D eigenvalue weighted by atomic mass is 10.2. The van der Waals surface area contributed by atoms with Crippen molar-refractivity contribution in [1.82, 2.24) is 15.2 Å². The lowest BCUT2D eigenvalue weighted by Crippen LogP contribution is -2.36. The molecule has 7 heteroatoms. The molecule has 136 valence electrons. The van der Waals surface area contributed by atoms with Gasteiger partial charge in [-0.05, 0) is 56.4 Å². The van der Waals surface area contributed by atoms with Crippen LogP contribution < -0.4 is 5.32 Å². The molecule has 1 aliphatic rings. The van der Waals surface area contributed by atoms with E-state index in [1.165, 1.54) is 29.1 Å². The van der Waals surface area contributed by atoms with E-state index >= 15 is 0 Å². The minimum Gasteiger partial charge on any atom is -0.459 e. The summed E-state index contributed by atoms with van der Waals surface area (Å²) < 4.78 is 5.59. The highest BCUT2D eigenvalue weighted by Gasteiger charge is 2.25. The average Bonchev–Trinajstić information content (AvgIpc) is 3.42. The van der Waals surface area contributed by atoms with E-state index in [4.69, 9.17) is 4.42 Å². The molecule has 26 heavy (non-hydrogen) atoms. The normalized spacial score (nSPS) is 16.0. The van der Waals surface area contributed by atoms with Crippen LogP contribution in [0.5, 0.6) is 0 Å². The van der Waals surface area contributed by atoms with Crippen LogP contribution in [0.1, 0.15) is 40.0 Å². The van der Waals surface area contributed by atoms with Crippen molar-refractivity contribution in [3.05, 3.63) is 51.4 Å². The molecule has 1 amide bonds. The first-order chi connectivity index (χ1) is 12.7. The summed E-state index contributed by atoms with van der Waals surface area (Å²) in [6.07, 6.45) is 2.46. The van der Waals surface area contributed by atoms with E-state index in [1.807, 2.05) is 19.1 Å². The Morgan fingerprint density at radius 1 is 1.31 bits per heavy atom. The van der Waals surface area contributed by atoms with Crippen LogP contribution >= 0.6 is 22.7 Å². The molecule has 1 saturated heterocycles. The van der Waals surface area contributed by atoms with Crippen LogP contribution in [0.4, 0.5) is 0 Å². The number of nitrogens with one attached hydrogen (secondary N) is 1. The smallest absolute Gasteiger partial charge is 0.270 e. The maximum atomic E-state index is 12.6. The summed E-state index contributed by atoms with van der Waals surface area (Å²) in [5, 5.41) is 7.69. The van der Waals surface area contributed by atoms with Crippen LogP contribution in [-0.4, -0.2) is 35.4 Å². The maximum absolute atomic E-state index is 12.6. The quantitative estimate of drug-likeness (QED) is 0.683. The number of nitrogens with zero attached hydrogens (tertiary/aromatic N) is 2. The molecular weight excluding hydrogens is 366 g/mol. The highest BCUT2D eigenvalue weighted by atomic mass is 32.1. The molecule has 0 saturated carbocycles. The Kier molecular flexibility index (Phi) is 5.19. The van der Waals surface area contributed by atoms with Crippen molar-refractivity contribution in [1.29, 1.82) is 0 Å². The number of carbonyl (C=O) groups is 1. The minimum absolute atomic E-state index is 0.128. The van der Waals surface area contributed by atoms with Crippen LogP contribution in [0.2, 0.25) is 0 Å². The van der Waals surface area contributed by atoms with Gasteiger partial charge in [0.05, 0.1) is 6.04 Å². The number of hydrogen-bond acceptors (Lipinski definition) is 6. The SMILES string of the molecule is Cc1ccc(-c2nc(C(=O)NC[C@H](c3cccs3)N3CCCC3)cs2)o1. The van der Waals surface area contributed by atoms with Gasteiger partial charge in [-0.25, -0.2) is 4.98 Å². The predicted molar refractivity (Wildman–Crippen MR) is 105 cm³/mol. The second kappa shape index (κ2) is 7.73. The third-order valence-corrected chi connectivity index (χ3v) is 6.43. The van der Waals surface area contributed by atoms with Crippen molar-refractivity contribution >= 4 is 28.6 Å². The van der Waals surface area contributed by atoms with Crippen molar-refractivity contribution in [2.24, 2.45) is 0 Å². The van der Waals surface area contributed by atoms with E-state index in [1.54, 1.807) is 16.7 Å². The Morgan fingerprint density at radius 3 is 2.85 bits per heavy atom. The molecule has 0 unspecified atom stereocenters. The zero-order valence-electron chi connectivity index (χ0n) is 14.6. The number of rotatable bonds is 6. The Balaban J connectivity index is 1.43. The molecule has 1 atom stereocenters. The van der Waals surface area contributed by atoms with Crippen molar-refractivity contribution in [3.8, 4) is 10.8 Å². The molecule has 0 aromatic carbocycles. The van der Waals surface area contributed by atoms with Crippen LogP contribution in [0.3, 0.4) is 0 Å². The first-order valence-electron chi connectivity index (χ1n) is 8.79. The summed E-state index contributed by atoms with van der Waals surface area (Å²) in [5.74, 6) is 1.42. The van der Waals surface area contributed by atoms with E-state index in [-0.39, 0.29) is 11.9 Å². The van der Waals surface area contributed by atoms with E-state index in [2.05, 4.69) is 32.7 Å². The fourth-order valence-electron chi connectivity index (χ4n) is 3.26. The van der Waals surface area contributed by atoms with Crippen molar-refractivity contribution in [3.63, 3.8) is 0 Å². The largest absolute Gasteiger partial charge is 0.459 e. The molecule has 4 heterocycles. The number of hydrogen-bond donors (Lipinski definition) is 1. The number of thiophene rings is 1. The Bertz CT molecular complexity index is 863. The molecule has 4 rings (SSSR count). The van der Waals surface area contributed by atoms with E-state index in [0.717, 1.165) is 23.9 Å². The van der Waals surface area contributed by atoms with Gasteiger partial charge in [0.2, 0.25) is 0 Å². The number of thiazole rings is 1. The Morgan fingerprint density at radius 2 is 2.15 bits per heavy atom. The topological polar surface area (TPSA) is 58.4 Å². The summed E-state index contributed by atoms with van der Waals surface area (Å²) in [7, 11) is 0.